The van der Waals surface area contributed by atoms with Crippen molar-refractivity contribution in [3.63, 3.8) is 0 Å². The maximum atomic E-state index is 3.96. The normalized spacial score (nSPS) is 11.2. The van der Waals surface area contributed by atoms with Gasteiger partial charge in [0.2, 0.25) is 0 Å². The minimum atomic E-state index is -2.03. The van der Waals surface area contributed by atoms with Crippen molar-refractivity contribution >= 4 is 8.40 Å². The molecule has 2 rings (SSSR count). The summed E-state index contributed by atoms with van der Waals surface area (Å²) in [6, 6.07) is 8.10. The van der Waals surface area contributed by atoms with Crippen molar-refractivity contribution < 1.29 is 0 Å². The highest BCUT2D eigenvalue weighted by atomic mass is 28.3. The van der Waals surface area contributed by atoms with Gasteiger partial charge in [0.15, 0.2) is 0 Å². The van der Waals surface area contributed by atoms with E-state index in [4.69, 9.17) is 0 Å². The van der Waals surface area contributed by atoms with Crippen molar-refractivity contribution in [3.05, 3.63) is 73.6 Å². The molecule has 0 fully saturated rings. The highest BCUT2D eigenvalue weighted by molar-refractivity contribution is 6.85. The van der Waals surface area contributed by atoms with E-state index in [2.05, 4.69) is 46.4 Å². The Labute approximate surface area is 90.9 Å². The lowest BCUT2D eigenvalue weighted by atomic mass is 10.7. The van der Waals surface area contributed by atoms with Crippen LogP contribution in [0.4, 0.5) is 0 Å². The molecular weight excluding hydrogens is 200 g/mol. The van der Waals surface area contributed by atoms with Gasteiger partial charge in [0.25, 0.3) is 0 Å². The van der Waals surface area contributed by atoms with Crippen molar-refractivity contribution in [2.75, 3.05) is 0 Å². The van der Waals surface area contributed by atoms with Crippen LogP contribution in [0.2, 0.25) is 0 Å². The molecule has 15 heavy (non-hydrogen) atoms. The molecule has 0 atom stereocenters. The minimum absolute atomic E-state index is 2.01. The van der Waals surface area contributed by atoms with Gasteiger partial charge in [-0.15, -0.1) is 13.2 Å². The number of aromatic nitrogens is 2. The number of nitrogens with zero attached hydrogens (tertiary/aromatic N) is 2. The van der Waals surface area contributed by atoms with Crippen LogP contribution in [0.25, 0.3) is 0 Å². The van der Waals surface area contributed by atoms with Gasteiger partial charge in [-0.05, 0) is 49.1 Å². The molecule has 0 aliphatic rings. The van der Waals surface area contributed by atoms with Crippen LogP contribution in [-0.2, 0) is 0 Å². The Morgan fingerprint density at radius 3 is 1.33 bits per heavy atom. The van der Waals surface area contributed by atoms with E-state index in [9.17, 15) is 0 Å². The van der Waals surface area contributed by atoms with Gasteiger partial charge in [0.05, 0.1) is 0 Å². The van der Waals surface area contributed by atoms with Gasteiger partial charge in [-0.1, -0.05) is 11.4 Å². The summed E-state index contributed by atoms with van der Waals surface area (Å²) in [6.45, 7) is 7.93. The first-order chi connectivity index (χ1) is 7.33. The lowest BCUT2D eigenvalue weighted by Gasteiger charge is -2.27. The quantitative estimate of drug-likeness (QED) is 0.692. The summed E-state index contributed by atoms with van der Waals surface area (Å²) in [6.07, 6.45) is 8.26. The molecule has 0 spiro atoms. The zero-order valence-corrected chi connectivity index (χ0v) is 9.58. The molecule has 0 N–H and O–H groups in total. The van der Waals surface area contributed by atoms with Crippen LogP contribution in [0.1, 0.15) is 0 Å². The van der Waals surface area contributed by atoms with Crippen LogP contribution < -0.4 is 0 Å². The molecule has 2 aromatic rings. The standard InChI is InChI=1S/C12H14N2Si/c1-3-15(4-2,13-9-5-6-10-13)14-11-7-8-12-14/h3-12H,1-2H2. The van der Waals surface area contributed by atoms with Gasteiger partial charge >= 0.3 is 8.40 Å². The molecule has 0 saturated carbocycles. The fourth-order valence-corrected chi connectivity index (χ4v) is 4.36. The maximum absolute atomic E-state index is 3.96. The minimum Gasteiger partial charge on any atom is -0.356 e. The first-order valence-electron chi connectivity index (χ1n) is 4.87. The number of hydrogen-bond donors (Lipinski definition) is 0. The first-order valence-corrected chi connectivity index (χ1v) is 6.92. The average molecular weight is 214 g/mol. The van der Waals surface area contributed by atoms with Crippen molar-refractivity contribution in [1.29, 1.82) is 0 Å². The SMILES string of the molecule is C=C[Si](C=C)(n1cccc1)n1cccc1. The van der Waals surface area contributed by atoms with E-state index < -0.39 is 8.40 Å². The molecule has 0 aliphatic heterocycles. The van der Waals surface area contributed by atoms with Crippen LogP contribution >= 0.6 is 0 Å². The van der Waals surface area contributed by atoms with Gasteiger partial charge in [-0.25, -0.2) is 0 Å². The van der Waals surface area contributed by atoms with E-state index in [-0.39, 0.29) is 0 Å². The third-order valence-electron chi connectivity index (χ3n) is 2.64. The van der Waals surface area contributed by atoms with E-state index in [0.29, 0.717) is 0 Å². The predicted molar refractivity (Wildman–Crippen MR) is 65.8 cm³/mol. The maximum Gasteiger partial charge on any atom is 0.322 e. The van der Waals surface area contributed by atoms with Crippen molar-refractivity contribution in [3.8, 4) is 0 Å². The highest BCUT2D eigenvalue weighted by Crippen LogP contribution is 2.13. The largest absolute Gasteiger partial charge is 0.356 e. The summed E-state index contributed by atoms with van der Waals surface area (Å²) < 4.78 is 4.40. The van der Waals surface area contributed by atoms with Crippen molar-refractivity contribution in [2.24, 2.45) is 0 Å². The summed E-state index contributed by atoms with van der Waals surface area (Å²) in [5.74, 6) is 0. The molecule has 3 heteroatoms. The zero-order valence-electron chi connectivity index (χ0n) is 8.58. The fourth-order valence-electron chi connectivity index (χ4n) is 1.78. The number of rotatable bonds is 4. The van der Waals surface area contributed by atoms with E-state index >= 15 is 0 Å². The molecule has 0 aliphatic carbocycles. The van der Waals surface area contributed by atoms with Crippen molar-refractivity contribution in [2.45, 2.75) is 0 Å². The Morgan fingerprint density at radius 1 is 0.733 bits per heavy atom. The van der Waals surface area contributed by atoms with Crippen LogP contribution in [0.5, 0.6) is 0 Å². The summed E-state index contributed by atoms with van der Waals surface area (Å²) in [5, 5.41) is 0. The Bertz CT molecular complexity index is 396. The molecule has 76 valence electrons. The van der Waals surface area contributed by atoms with Gasteiger partial charge in [0.1, 0.15) is 0 Å². The molecule has 0 saturated heterocycles. The number of hydrogen-bond acceptors (Lipinski definition) is 0. The van der Waals surface area contributed by atoms with Gasteiger partial charge < -0.3 is 8.47 Å². The van der Waals surface area contributed by atoms with E-state index in [0.717, 1.165) is 0 Å². The van der Waals surface area contributed by atoms with Crippen molar-refractivity contribution in [1.82, 2.24) is 8.47 Å². The second-order valence-corrected chi connectivity index (χ2v) is 6.79. The summed E-state index contributed by atoms with van der Waals surface area (Å²) >= 11 is 0. The molecule has 0 radical (unpaired) electrons. The highest BCUT2D eigenvalue weighted by Gasteiger charge is 2.30. The lowest BCUT2D eigenvalue weighted by molar-refractivity contribution is 1.04. The molecule has 0 amide bonds. The Balaban J connectivity index is 2.60. The third-order valence-corrected chi connectivity index (χ3v) is 6.09. The Hall–Kier alpha value is -1.74. The molecule has 2 aromatic heterocycles. The summed E-state index contributed by atoms with van der Waals surface area (Å²) in [4.78, 5) is 0. The van der Waals surface area contributed by atoms with Gasteiger partial charge in [-0.2, -0.15) is 0 Å². The van der Waals surface area contributed by atoms with Crippen LogP contribution in [-0.4, -0.2) is 16.9 Å². The third kappa shape index (κ3) is 1.41. The zero-order chi connectivity index (χ0) is 10.7. The Kier molecular flexibility index (Phi) is 2.47. The van der Waals surface area contributed by atoms with Crippen LogP contribution in [0.3, 0.4) is 0 Å². The van der Waals surface area contributed by atoms with Crippen LogP contribution in [0, 0.1) is 0 Å². The first kappa shape index (κ1) is 9.80. The fraction of sp³-hybridized carbons (Fsp3) is 0. The molecule has 0 bridgehead atoms. The van der Waals surface area contributed by atoms with E-state index in [1.807, 2.05) is 35.7 Å². The predicted octanol–water partition coefficient (Wildman–Crippen LogP) is 2.58. The van der Waals surface area contributed by atoms with E-state index in [1.54, 1.807) is 0 Å². The van der Waals surface area contributed by atoms with Gasteiger partial charge in [-0.3, -0.25) is 0 Å². The smallest absolute Gasteiger partial charge is 0.322 e. The summed E-state index contributed by atoms with van der Waals surface area (Å²) in [7, 11) is -2.03. The Morgan fingerprint density at radius 2 is 1.07 bits per heavy atom. The topological polar surface area (TPSA) is 9.86 Å². The van der Waals surface area contributed by atoms with Gasteiger partial charge in [0, 0.05) is 0 Å². The summed E-state index contributed by atoms with van der Waals surface area (Å²) in [5.41, 5.74) is 4.03. The molecule has 0 aromatic carbocycles. The molecular formula is C12H14N2Si. The molecule has 2 nitrogen and oxygen atoms in total. The van der Waals surface area contributed by atoms with E-state index in [1.165, 1.54) is 0 Å². The second-order valence-electron chi connectivity index (χ2n) is 3.37. The molecule has 2 heterocycles. The average Bonchev–Trinajstić information content (AvgIpc) is 2.92. The van der Waals surface area contributed by atoms with Crippen LogP contribution in [0.15, 0.2) is 73.6 Å². The monoisotopic (exact) mass is 214 g/mol. The lowest BCUT2D eigenvalue weighted by Crippen LogP contribution is -2.46. The second kappa shape index (κ2) is 3.79. The molecule has 0 unspecified atom stereocenters.